The van der Waals surface area contributed by atoms with Crippen molar-refractivity contribution in [1.82, 2.24) is 14.7 Å². The average molecular weight is 399 g/mol. The highest BCUT2D eigenvalue weighted by molar-refractivity contribution is 6.40. The normalized spacial score (nSPS) is 19.2. The van der Waals surface area contributed by atoms with Gasteiger partial charge in [-0.05, 0) is 25.0 Å². The largest absolute Gasteiger partial charge is 0.380 e. The second kappa shape index (κ2) is 8.03. The molecule has 1 aromatic carbocycles. The van der Waals surface area contributed by atoms with Gasteiger partial charge in [0.05, 0.1) is 21.7 Å². The van der Waals surface area contributed by atoms with Crippen LogP contribution < -0.4 is 5.32 Å². The number of benzene rings is 1. The first-order chi connectivity index (χ1) is 12.4. The number of hydrogen-bond donors (Lipinski definition) is 1. The van der Waals surface area contributed by atoms with Gasteiger partial charge in [0, 0.05) is 52.0 Å². The van der Waals surface area contributed by atoms with Crippen LogP contribution in [0.25, 0.3) is 0 Å². The van der Waals surface area contributed by atoms with Crippen LogP contribution in [0.1, 0.15) is 23.2 Å². The Labute approximate surface area is 164 Å². The fourth-order valence-electron chi connectivity index (χ4n) is 3.58. The number of anilines is 1. The van der Waals surface area contributed by atoms with Gasteiger partial charge >= 0.3 is 0 Å². The summed E-state index contributed by atoms with van der Waals surface area (Å²) in [5.74, 6) is -0.206. The van der Waals surface area contributed by atoms with E-state index in [1.165, 1.54) is 4.90 Å². The molecule has 142 valence electrons. The minimum atomic E-state index is -0.206. The van der Waals surface area contributed by atoms with Crippen molar-refractivity contribution in [2.24, 2.45) is 0 Å². The molecular formula is C18H24Cl2N4O2. The van der Waals surface area contributed by atoms with Crippen molar-refractivity contribution in [1.29, 1.82) is 0 Å². The minimum absolute atomic E-state index is 0.206. The van der Waals surface area contributed by atoms with Gasteiger partial charge in [-0.15, -0.1) is 0 Å². The Morgan fingerprint density at radius 1 is 1.19 bits per heavy atom. The molecule has 0 atom stereocenters. The molecular weight excluding hydrogens is 375 g/mol. The summed E-state index contributed by atoms with van der Waals surface area (Å²) in [5, 5.41) is 4.16. The highest BCUT2D eigenvalue weighted by Crippen LogP contribution is 2.31. The number of carbonyl (C=O) groups is 2. The van der Waals surface area contributed by atoms with E-state index in [0.717, 1.165) is 51.1 Å². The van der Waals surface area contributed by atoms with Crippen molar-refractivity contribution in [3.63, 3.8) is 0 Å². The van der Waals surface area contributed by atoms with Crippen molar-refractivity contribution in [2.75, 3.05) is 45.6 Å². The minimum Gasteiger partial charge on any atom is -0.380 e. The molecule has 2 saturated heterocycles. The van der Waals surface area contributed by atoms with Gasteiger partial charge in [0.1, 0.15) is 0 Å². The number of hydrogen-bond acceptors (Lipinski definition) is 4. The summed E-state index contributed by atoms with van der Waals surface area (Å²) >= 11 is 12.6. The second-order valence-electron chi connectivity index (χ2n) is 7.18. The molecule has 6 nitrogen and oxygen atoms in total. The SMILES string of the molecule is CN(C)C(=O)c1c(Cl)cc(NC2CN(C3CCN(C=O)CC3)C2)cc1Cl. The lowest BCUT2D eigenvalue weighted by Gasteiger charge is -2.47. The molecule has 0 bridgehead atoms. The first-order valence-electron chi connectivity index (χ1n) is 8.79. The summed E-state index contributed by atoms with van der Waals surface area (Å²) in [7, 11) is 3.34. The van der Waals surface area contributed by atoms with E-state index in [0.29, 0.717) is 27.7 Å². The Balaban J connectivity index is 1.55. The van der Waals surface area contributed by atoms with Crippen LogP contribution in [0, 0.1) is 0 Å². The number of nitrogens with zero attached hydrogens (tertiary/aromatic N) is 3. The lowest BCUT2D eigenvalue weighted by Crippen LogP contribution is -2.60. The van der Waals surface area contributed by atoms with Gasteiger partial charge < -0.3 is 15.1 Å². The first kappa shape index (κ1) is 19.3. The van der Waals surface area contributed by atoms with E-state index in [-0.39, 0.29) is 5.91 Å². The molecule has 0 saturated carbocycles. The molecule has 26 heavy (non-hydrogen) atoms. The number of likely N-dealkylation sites (tertiary alicyclic amines) is 2. The second-order valence-corrected chi connectivity index (χ2v) is 8.00. The Hall–Kier alpha value is -1.50. The molecule has 1 N–H and O–H groups in total. The fourth-order valence-corrected chi connectivity index (χ4v) is 4.23. The first-order valence-corrected chi connectivity index (χ1v) is 9.55. The van der Waals surface area contributed by atoms with E-state index in [2.05, 4.69) is 10.2 Å². The highest BCUT2D eigenvalue weighted by Gasteiger charge is 2.34. The maximum Gasteiger partial charge on any atom is 0.256 e. The van der Waals surface area contributed by atoms with Crippen LogP contribution in [0.2, 0.25) is 10.0 Å². The molecule has 2 aliphatic heterocycles. The maximum absolute atomic E-state index is 12.2. The quantitative estimate of drug-likeness (QED) is 0.773. The molecule has 0 spiro atoms. The van der Waals surface area contributed by atoms with Crippen LogP contribution in [-0.2, 0) is 4.79 Å². The van der Waals surface area contributed by atoms with Gasteiger partial charge in [0.25, 0.3) is 5.91 Å². The van der Waals surface area contributed by atoms with Crippen molar-refractivity contribution < 1.29 is 9.59 Å². The Morgan fingerprint density at radius 2 is 1.77 bits per heavy atom. The third-order valence-corrected chi connectivity index (χ3v) is 5.70. The van der Waals surface area contributed by atoms with Gasteiger partial charge in [0.15, 0.2) is 0 Å². The van der Waals surface area contributed by atoms with Crippen LogP contribution >= 0.6 is 23.2 Å². The third kappa shape index (κ3) is 4.08. The predicted octanol–water partition coefficient (Wildman–Crippen LogP) is 2.41. The van der Waals surface area contributed by atoms with Gasteiger partial charge in [-0.25, -0.2) is 0 Å². The van der Waals surface area contributed by atoms with Gasteiger partial charge in [-0.3, -0.25) is 14.5 Å². The van der Waals surface area contributed by atoms with Crippen molar-refractivity contribution in [3.8, 4) is 0 Å². The zero-order chi connectivity index (χ0) is 18.8. The summed E-state index contributed by atoms with van der Waals surface area (Å²) < 4.78 is 0. The number of amides is 2. The van der Waals surface area contributed by atoms with Crippen LogP contribution in [-0.4, -0.2) is 79.4 Å². The summed E-state index contributed by atoms with van der Waals surface area (Å²) in [6.45, 7) is 3.60. The van der Waals surface area contributed by atoms with Crippen LogP contribution in [0.4, 0.5) is 5.69 Å². The molecule has 2 fully saturated rings. The third-order valence-electron chi connectivity index (χ3n) is 5.11. The molecule has 2 heterocycles. The average Bonchev–Trinajstić information content (AvgIpc) is 2.57. The summed E-state index contributed by atoms with van der Waals surface area (Å²) in [6, 6.07) is 4.41. The Morgan fingerprint density at radius 3 is 2.27 bits per heavy atom. The monoisotopic (exact) mass is 398 g/mol. The van der Waals surface area contributed by atoms with Gasteiger partial charge in [0.2, 0.25) is 6.41 Å². The van der Waals surface area contributed by atoms with Crippen molar-refractivity contribution in [3.05, 3.63) is 27.7 Å². The zero-order valence-corrected chi connectivity index (χ0v) is 16.6. The maximum atomic E-state index is 12.2. The fraction of sp³-hybridized carbons (Fsp3) is 0.556. The molecule has 0 aliphatic carbocycles. The number of halogens is 2. The molecule has 0 unspecified atom stereocenters. The van der Waals surface area contributed by atoms with E-state index in [1.807, 2.05) is 4.90 Å². The highest BCUT2D eigenvalue weighted by atomic mass is 35.5. The summed E-state index contributed by atoms with van der Waals surface area (Å²) in [5.41, 5.74) is 1.16. The summed E-state index contributed by atoms with van der Waals surface area (Å²) in [4.78, 5) is 28.7. The Kier molecular flexibility index (Phi) is 5.95. The van der Waals surface area contributed by atoms with E-state index < -0.39 is 0 Å². The van der Waals surface area contributed by atoms with E-state index >= 15 is 0 Å². The smallest absolute Gasteiger partial charge is 0.256 e. The number of piperidine rings is 1. The molecule has 3 rings (SSSR count). The predicted molar refractivity (Wildman–Crippen MR) is 104 cm³/mol. The van der Waals surface area contributed by atoms with E-state index in [1.54, 1.807) is 26.2 Å². The molecule has 0 radical (unpaired) electrons. The van der Waals surface area contributed by atoms with Crippen LogP contribution in [0.3, 0.4) is 0 Å². The van der Waals surface area contributed by atoms with E-state index in [9.17, 15) is 9.59 Å². The number of carbonyl (C=O) groups excluding carboxylic acids is 2. The van der Waals surface area contributed by atoms with Crippen molar-refractivity contribution in [2.45, 2.75) is 24.9 Å². The lowest BCUT2D eigenvalue weighted by atomic mass is 9.97. The van der Waals surface area contributed by atoms with E-state index in [4.69, 9.17) is 23.2 Å². The van der Waals surface area contributed by atoms with Gasteiger partial charge in [-0.1, -0.05) is 23.2 Å². The molecule has 2 amide bonds. The topological polar surface area (TPSA) is 55.9 Å². The number of rotatable bonds is 5. The standard InChI is InChI=1S/C18H24Cl2N4O2/c1-22(2)18(26)17-15(19)7-12(8-16(17)20)21-13-9-24(10-13)14-3-5-23(11-25)6-4-14/h7-8,11,13-14,21H,3-6,9-10H2,1-2H3. The van der Waals surface area contributed by atoms with Gasteiger partial charge in [-0.2, -0.15) is 0 Å². The molecule has 1 aromatic rings. The molecule has 2 aliphatic rings. The summed E-state index contributed by atoms with van der Waals surface area (Å²) in [6.07, 6.45) is 3.00. The Bertz CT molecular complexity index is 661. The molecule has 8 heteroatoms. The molecule has 0 aromatic heterocycles. The van der Waals surface area contributed by atoms with Crippen LogP contribution in [0.15, 0.2) is 12.1 Å². The lowest BCUT2D eigenvalue weighted by molar-refractivity contribution is -0.119. The van der Waals surface area contributed by atoms with Crippen LogP contribution in [0.5, 0.6) is 0 Å². The number of nitrogens with one attached hydrogen (secondary N) is 1. The zero-order valence-electron chi connectivity index (χ0n) is 15.0. The van der Waals surface area contributed by atoms with Crippen molar-refractivity contribution >= 4 is 41.2 Å².